The van der Waals surface area contributed by atoms with Gasteiger partial charge in [-0.25, -0.2) is 23.1 Å². The monoisotopic (exact) mass is 563 g/mol. The van der Waals surface area contributed by atoms with Crippen LogP contribution < -0.4 is 4.90 Å². The lowest BCUT2D eigenvalue weighted by Gasteiger charge is -2.27. The number of carbonyl (C=O) groups is 2. The van der Waals surface area contributed by atoms with Crippen LogP contribution in [0.15, 0.2) is 42.9 Å². The standard InChI is InChI=1S/C28H27F2N7O4/c1-27(2,3)41-25(38)35-13-19-20(14-35)28(19,15-31)24-18(5-4-6-32-24)23-21(29)9-16(10-22(23)30)37-12-17(40-26(37)39)11-36-8-7-33-34-36/h4-10,17,19-20H,11-14H2,1-3H3/t17-,19-,20+,28?/m0/s1. The maximum atomic E-state index is 15.7. The molecule has 4 heterocycles. The summed E-state index contributed by atoms with van der Waals surface area (Å²) in [5.74, 6) is -2.31. The Balaban J connectivity index is 1.26. The van der Waals surface area contributed by atoms with Gasteiger partial charge >= 0.3 is 12.2 Å². The normalized spacial score (nSPS) is 25.1. The molecule has 2 aromatic heterocycles. The number of carbonyl (C=O) groups excluding carboxylic acids is 2. The molecule has 13 heteroatoms. The van der Waals surface area contributed by atoms with Gasteiger partial charge in [-0.3, -0.25) is 9.88 Å². The smallest absolute Gasteiger partial charge is 0.414 e. The lowest BCUT2D eigenvalue weighted by atomic mass is 9.89. The summed E-state index contributed by atoms with van der Waals surface area (Å²) in [6.45, 7) is 6.21. The van der Waals surface area contributed by atoms with Gasteiger partial charge in [0.2, 0.25) is 0 Å². The highest BCUT2D eigenvalue weighted by Gasteiger charge is 2.72. The molecule has 0 radical (unpaired) electrons. The van der Waals surface area contributed by atoms with Crippen molar-refractivity contribution >= 4 is 17.9 Å². The predicted molar refractivity (Wildman–Crippen MR) is 139 cm³/mol. The number of nitriles is 1. The molecule has 0 bridgehead atoms. The number of halogens is 2. The second-order valence-electron chi connectivity index (χ2n) is 11.5. The summed E-state index contributed by atoms with van der Waals surface area (Å²) in [5, 5.41) is 17.8. The van der Waals surface area contributed by atoms with E-state index in [1.165, 1.54) is 23.1 Å². The second-order valence-corrected chi connectivity index (χ2v) is 11.5. The Morgan fingerprint density at radius 1 is 1.20 bits per heavy atom. The number of piperidine rings is 1. The Kier molecular flexibility index (Phi) is 6.17. The Morgan fingerprint density at radius 3 is 2.51 bits per heavy atom. The number of cyclic esters (lactones) is 1. The van der Waals surface area contributed by atoms with E-state index in [4.69, 9.17) is 9.47 Å². The molecule has 11 nitrogen and oxygen atoms in total. The molecule has 2 aliphatic heterocycles. The van der Waals surface area contributed by atoms with Crippen LogP contribution in [-0.2, 0) is 21.4 Å². The fraction of sp³-hybridized carbons (Fsp3) is 0.429. The molecule has 3 aromatic rings. The fourth-order valence-electron chi connectivity index (χ4n) is 5.95. The maximum absolute atomic E-state index is 15.7. The van der Waals surface area contributed by atoms with Crippen LogP contribution in [0.5, 0.6) is 0 Å². The zero-order valence-electron chi connectivity index (χ0n) is 22.6. The highest BCUT2D eigenvalue weighted by Crippen LogP contribution is 2.64. The summed E-state index contributed by atoms with van der Waals surface area (Å²) in [5.41, 5.74) is -1.67. The first-order valence-electron chi connectivity index (χ1n) is 13.2. The fourth-order valence-corrected chi connectivity index (χ4v) is 5.95. The number of fused-ring (bicyclic) bond motifs is 1. The number of anilines is 1. The number of amides is 2. The van der Waals surface area contributed by atoms with Crippen molar-refractivity contribution in [3.05, 3.63) is 60.2 Å². The molecule has 2 saturated heterocycles. The van der Waals surface area contributed by atoms with Crippen LogP contribution in [0, 0.1) is 34.8 Å². The van der Waals surface area contributed by atoms with Crippen LogP contribution in [0.3, 0.4) is 0 Å². The molecule has 0 spiro atoms. The van der Waals surface area contributed by atoms with Crippen LogP contribution in [0.2, 0.25) is 0 Å². The Labute approximate surface area is 234 Å². The molecule has 1 aliphatic carbocycles. The van der Waals surface area contributed by atoms with E-state index in [1.807, 2.05) is 0 Å². The summed E-state index contributed by atoms with van der Waals surface area (Å²) < 4.78 is 43.6. The van der Waals surface area contributed by atoms with Gasteiger partial charge in [0.15, 0.2) is 0 Å². The molecule has 1 unspecified atom stereocenters. The summed E-state index contributed by atoms with van der Waals surface area (Å²) >= 11 is 0. The number of nitrogens with zero attached hydrogens (tertiary/aromatic N) is 7. The highest BCUT2D eigenvalue weighted by molar-refractivity contribution is 5.90. The average molecular weight is 564 g/mol. The Hall–Kier alpha value is -4.60. The van der Waals surface area contributed by atoms with Gasteiger partial charge < -0.3 is 14.4 Å². The van der Waals surface area contributed by atoms with E-state index >= 15 is 8.78 Å². The first kappa shape index (κ1) is 26.6. The molecule has 1 aromatic carbocycles. The molecule has 3 aliphatic rings. The van der Waals surface area contributed by atoms with Gasteiger partial charge in [-0.1, -0.05) is 11.3 Å². The van der Waals surface area contributed by atoms with Crippen molar-refractivity contribution in [2.75, 3.05) is 24.5 Å². The number of hydrogen-bond acceptors (Lipinski definition) is 8. The maximum Gasteiger partial charge on any atom is 0.414 e. The number of hydrogen-bond donors (Lipinski definition) is 0. The van der Waals surface area contributed by atoms with Crippen molar-refractivity contribution in [2.24, 2.45) is 11.8 Å². The summed E-state index contributed by atoms with van der Waals surface area (Å²) in [4.78, 5) is 32.2. The minimum Gasteiger partial charge on any atom is -0.444 e. The average Bonchev–Trinajstić information content (AvgIpc) is 3.41. The van der Waals surface area contributed by atoms with Gasteiger partial charge in [0.05, 0.1) is 42.3 Å². The van der Waals surface area contributed by atoms with Crippen molar-refractivity contribution in [2.45, 2.75) is 44.4 Å². The van der Waals surface area contributed by atoms with Crippen molar-refractivity contribution < 1.29 is 27.8 Å². The third kappa shape index (κ3) is 4.53. The molecule has 3 fully saturated rings. The third-order valence-corrected chi connectivity index (χ3v) is 7.76. The number of rotatable bonds is 5. The van der Waals surface area contributed by atoms with Crippen molar-refractivity contribution in [1.82, 2.24) is 24.9 Å². The van der Waals surface area contributed by atoms with Gasteiger partial charge in [-0.05, 0) is 39.0 Å². The van der Waals surface area contributed by atoms with E-state index in [0.717, 1.165) is 17.0 Å². The van der Waals surface area contributed by atoms with E-state index in [9.17, 15) is 14.9 Å². The summed E-state index contributed by atoms with van der Waals surface area (Å²) in [6.07, 6.45) is 2.82. The quantitative estimate of drug-likeness (QED) is 0.458. The van der Waals surface area contributed by atoms with Crippen LogP contribution in [0.4, 0.5) is 24.1 Å². The molecular formula is C28H27F2N7O4. The van der Waals surface area contributed by atoms with Crippen LogP contribution in [-0.4, -0.2) is 68.4 Å². The largest absolute Gasteiger partial charge is 0.444 e. The molecule has 41 heavy (non-hydrogen) atoms. The van der Waals surface area contributed by atoms with Gasteiger partial charge in [0.1, 0.15) is 28.8 Å². The lowest BCUT2D eigenvalue weighted by Crippen LogP contribution is -2.39. The van der Waals surface area contributed by atoms with Gasteiger partial charge in [0.25, 0.3) is 0 Å². The Bertz CT molecular complexity index is 1530. The first-order valence-corrected chi connectivity index (χ1v) is 13.2. The SMILES string of the molecule is CC(C)(C)OC(=O)N1C[C@@H]2[C@H](C1)C2(C#N)c1ncccc1-c1c(F)cc(N2C[C@H](Cn3ccnn3)OC2=O)cc1F. The second kappa shape index (κ2) is 9.50. The van der Waals surface area contributed by atoms with Gasteiger partial charge in [0, 0.05) is 42.9 Å². The van der Waals surface area contributed by atoms with Crippen molar-refractivity contribution in [3.8, 4) is 17.2 Å². The van der Waals surface area contributed by atoms with Crippen LogP contribution >= 0.6 is 0 Å². The topological polar surface area (TPSA) is 126 Å². The Morgan fingerprint density at radius 2 is 1.90 bits per heavy atom. The van der Waals surface area contributed by atoms with Gasteiger partial charge in [-0.2, -0.15) is 5.26 Å². The molecule has 2 amide bonds. The zero-order valence-corrected chi connectivity index (χ0v) is 22.6. The number of aromatic nitrogens is 4. The third-order valence-electron chi connectivity index (χ3n) is 7.76. The highest BCUT2D eigenvalue weighted by atomic mass is 19.1. The summed E-state index contributed by atoms with van der Waals surface area (Å²) in [6, 6.07) is 7.57. The van der Waals surface area contributed by atoms with Crippen LogP contribution in [0.1, 0.15) is 26.5 Å². The minimum absolute atomic E-state index is 0.00608. The number of benzene rings is 1. The number of likely N-dealkylation sites (tertiary alicyclic amines) is 1. The van der Waals surface area contributed by atoms with E-state index in [-0.39, 0.29) is 60.5 Å². The lowest BCUT2D eigenvalue weighted by molar-refractivity contribution is 0.0265. The van der Waals surface area contributed by atoms with Crippen molar-refractivity contribution in [3.63, 3.8) is 0 Å². The van der Waals surface area contributed by atoms with E-state index in [2.05, 4.69) is 21.4 Å². The molecule has 6 rings (SSSR count). The molecule has 212 valence electrons. The molecular weight excluding hydrogens is 536 g/mol. The van der Waals surface area contributed by atoms with Crippen molar-refractivity contribution in [1.29, 1.82) is 5.26 Å². The van der Waals surface area contributed by atoms with Crippen LogP contribution in [0.25, 0.3) is 11.1 Å². The first-order chi connectivity index (χ1) is 19.5. The molecule has 4 atom stereocenters. The van der Waals surface area contributed by atoms with E-state index in [0.29, 0.717) is 0 Å². The summed E-state index contributed by atoms with van der Waals surface area (Å²) in [7, 11) is 0. The molecule has 1 saturated carbocycles. The molecule has 0 N–H and O–H groups in total. The minimum atomic E-state index is -1.10. The van der Waals surface area contributed by atoms with Gasteiger partial charge in [-0.15, -0.1) is 5.10 Å². The number of pyridine rings is 1. The van der Waals surface area contributed by atoms with E-state index < -0.39 is 40.9 Å². The predicted octanol–water partition coefficient (Wildman–Crippen LogP) is 3.90. The van der Waals surface area contributed by atoms with E-state index in [1.54, 1.807) is 37.9 Å². The zero-order chi connectivity index (χ0) is 29.1. The number of ether oxygens (including phenoxy) is 2.